The number of hydrogen-bond donors (Lipinski definition) is 0. The van der Waals surface area contributed by atoms with Gasteiger partial charge in [-0.2, -0.15) is 5.10 Å². The minimum Gasteiger partial charge on any atom is -0.298 e. The lowest BCUT2D eigenvalue weighted by atomic mass is 9.90. The van der Waals surface area contributed by atoms with Crippen LogP contribution in [0.4, 0.5) is 0 Å². The first-order valence-electron chi connectivity index (χ1n) is 8.19. The van der Waals surface area contributed by atoms with E-state index in [4.69, 9.17) is 11.6 Å². The molecule has 2 heterocycles. The predicted octanol–water partition coefficient (Wildman–Crippen LogP) is 3.65. The first-order valence-corrected chi connectivity index (χ1v) is 8.57. The maximum atomic E-state index is 12.7. The number of piperidine rings is 1. The minimum atomic E-state index is 0.0587. The number of likely N-dealkylation sites (tertiary alicyclic amines) is 1. The SMILES string of the molecule is CCn1cc(CN2CCC[C@H](C(=O)c3cccc(Cl)c3)C2)cn1. The maximum absolute atomic E-state index is 12.7. The van der Waals surface area contributed by atoms with Gasteiger partial charge in [-0.15, -0.1) is 0 Å². The van der Waals surface area contributed by atoms with E-state index in [0.717, 1.165) is 44.6 Å². The summed E-state index contributed by atoms with van der Waals surface area (Å²) in [5.41, 5.74) is 1.94. The van der Waals surface area contributed by atoms with Gasteiger partial charge in [0.25, 0.3) is 0 Å². The van der Waals surface area contributed by atoms with Gasteiger partial charge in [0.2, 0.25) is 0 Å². The van der Waals surface area contributed by atoms with Crippen LogP contribution in [0.25, 0.3) is 0 Å². The third-order valence-electron chi connectivity index (χ3n) is 4.40. The molecule has 0 saturated carbocycles. The Bertz CT molecular complexity index is 682. The van der Waals surface area contributed by atoms with Crippen molar-refractivity contribution in [3.63, 3.8) is 0 Å². The fraction of sp³-hybridized carbons (Fsp3) is 0.444. The van der Waals surface area contributed by atoms with Crippen LogP contribution in [0.1, 0.15) is 35.7 Å². The van der Waals surface area contributed by atoms with Gasteiger partial charge >= 0.3 is 0 Å². The molecule has 1 aliphatic rings. The Hall–Kier alpha value is -1.65. The van der Waals surface area contributed by atoms with Crippen LogP contribution in [0.3, 0.4) is 0 Å². The summed E-state index contributed by atoms with van der Waals surface area (Å²) in [7, 11) is 0. The van der Waals surface area contributed by atoms with Crippen molar-refractivity contribution in [2.45, 2.75) is 32.9 Å². The lowest BCUT2D eigenvalue weighted by molar-refractivity contribution is 0.0811. The van der Waals surface area contributed by atoms with Crippen molar-refractivity contribution in [1.29, 1.82) is 0 Å². The van der Waals surface area contributed by atoms with Crippen LogP contribution in [0.15, 0.2) is 36.7 Å². The molecule has 0 amide bonds. The Labute approximate surface area is 142 Å². The lowest BCUT2D eigenvalue weighted by Crippen LogP contribution is -2.38. The monoisotopic (exact) mass is 331 g/mol. The molecule has 1 saturated heterocycles. The molecule has 0 radical (unpaired) electrons. The molecule has 5 heteroatoms. The van der Waals surface area contributed by atoms with Crippen LogP contribution in [0.2, 0.25) is 5.02 Å². The van der Waals surface area contributed by atoms with Gasteiger partial charge in [-0.25, -0.2) is 0 Å². The van der Waals surface area contributed by atoms with E-state index in [1.54, 1.807) is 12.1 Å². The second-order valence-corrected chi connectivity index (χ2v) is 6.59. The summed E-state index contributed by atoms with van der Waals surface area (Å²) < 4.78 is 1.94. The van der Waals surface area contributed by atoms with Crippen LogP contribution >= 0.6 is 11.6 Å². The van der Waals surface area contributed by atoms with Crippen LogP contribution < -0.4 is 0 Å². The quantitative estimate of drug-likeness (QED) is 0.785. The highest BCUT2D eigenvalue weighted by Crippen LogP contribution is 2.23. The number of carbonyl (C=O) groups is 1. The van der Waals surface area contributed by atoms with Gasteiger partial charge in [-0.3, -0.25) is 14.4 Å². The molecular weight excluding hydrogens is 310 g/mol. The molecule has 1 aromatic carbocycles. The Kier molecular flexibility index (Phi) is 5.13. The minimum absolute atomic E-state index is 0.0587. The third kappa shape index (κ3) is 4.01. The fourth-order valence-electron chi connectivity index (χ4n) is 3.21. The van der Waals surface area contributed by atoms with E-state index >= 15 is 0 Å². The molecule has 4 nitrogen and oxygen atoms in total. The molecule has 0 unspecified atom stereocenters. The van der Waals surface area contributed by atoms with Crippen LogP contribution in [0, 0.1) is 5.92 Å². The number of aromatic nitrogens is 2. The molecule has 1 fully saturated rings. The number of aryl methyl sites for hydroxylation is 1. The van der Waals surface area contributed by atoms with E-state index in [1.807, 2.05) is 23.0 Å². The number of nitrogens with zero attached hydrogens (tertiary/aromatic N) is 3. The van der Waals surface area contributed by atoms with E-state index in [0.29, 0.717) is 5.02 Å². The zero-order valence-electron chi connectivity index (χ0n) is 13.4. The summed E-state index contributed by atoms with van der Waals surface area (Å²) in [5.74, 6) is 0.268. The molecule has 1 aliphatic heterocycles. The van der Waals surface area contributed by atoms with E-state index < -0.39 is 0 Å². The van der Waals surface area contributed by atoms with Crippen molar-refractivity contribution >= 4 is 17.4 Å². The summed E-state index contributed by atoms with van der Waals surface area (Å²) >= 11 is 6.01. The summed E-state index contributed by atoms with van der Waals surface area (Å²) in [4.78, 5) is 15.1. The largest absolute Gasteiger partial charge is 0.298 e. The van der Waals surface area contributed by atoms with Gasteiger partial charge in [0.1, 0.15) is 0 Å². The Morgan fingerprint density at radius 1 is 1.43 bits per heavy atom. The Balaban J connectivity index is 1.64. The molecule has 23 heavy (non-hydrogen) atoms. The van der Waals surface area contributed by atoms with Crippen LogP contribution in [-0.2, 0) is 13.1 Å². The zero-order chi connectivity index (χ0) is 16.2. The van der Waals surface area contributed by atoms with Gasteiger partial charge in [0.05, 0.1) is 6.20 Å². The number of carbonyl (C=O) groups excluding carboxylic acids is 1. The van der Waals surface area contributed by atoms with E-state index in [-0.39, 0.29) is 11.7 Å². The molecular formula is C18H22ClN3O. The predicted molar refractivity (Wildman–Crippen MR) is 91.7 cm³/mol. The molecule has 3 rings (SSSR count). The zero-order valence-corrected chi connectivity index (χ0v) is 14.2. The molecule has 0 aliphatic carbocycles. The fourth-order valence-corrected chi connectivity index (χ4v) is 3.40. The topological polar surface area (TPSA) is 38.1 Å². The lowest BCUT2D eigenvalue weighted by Gasteiger charge is -2.31. The van der Waals surface area contributed by atoms with Gasteiger partial charge in [-0.05, 0) is 38.4 Å². The Morgan fingerprint density at radius 2 is 2.30 bits per heavy atom. The first kappa shape index (κ1) is 16.2. The molecule has 0 N–H and O–H groups in total. The van der Waals surface area contributed by atoms with Gasteiger partial charge in [0, 0.05) is 47.9 Å². The highest BCUT2D eigenvalue weighted by molar-refractivity contribution is 6.31. The molecule has 0 spiro atoms. The molecule has 122 valence electrons. The molecule has 1 aromatic heterocycles. The number of ketones is 1. The second-order valence-electron chi connectivity index (χ2n) is 6.15. The standard InChI is InChI=1S/C18H22ClN3O/c1-2-22-12-14(10-20-22)11-21-8-4-6-16(13-21)18(23)15-5-3-7-17(19)9-15/h3,5,7,9-10,12,16H,2,4,6,8,11,13H2,1H3/t16-/m0/s1. The average molecular weight is 332 g/mol. The highest BCUT2D eigenvalue weighted by Gasteiger charge is 2.26. The summed E-state index contributed by atoms with van der Waals surface area (Å²) in [6, 6.07) is 7.28. The highest BCUT2D eigenvalue weighted by atomic mass is 35.5. The van der Waals surface area contributed by atoms with Gasteiger partial charge in [-0.1, -0.05) is 23.7 Å². The summed E-state index contributed by atoms with van der Waals surface area (Å²) in [6.07, 6.45) is 6.02. The third-order valence-corrected chi connectivity index (χ3v) is 4.64. The molecule has 1 atom stereocenters. The van der Waals surface area contributed by atoms with Crippen molar-refractivity contribution in [2.24, 2.45) is 5.92 Å². The van der Waals surface area contributed by atoms with Crippen molar-refractivity contribution in [2.75, 3.05) is 13.1 Å². The number of benzene rings is 1. The van der Waals surface area contributed by atoms with Gasteiger partial charge < -0.3 is 0 Å². The number of hydrogen-bond acceptors (Lipinski definition) is 3. The van der Waals surface area contributed by atoms with Crippen molar-refractivity contribution in [1.82, 2.24) is 14.7 Å². The molecule has 0 bridgehead atoms. The van der Waals surface area contributed by atoms with Crippen LogP contribution in [0.5, 0.6) is 0 Å². The van der Waals surface area contributed by atoms with Crippen LogP contribution in [-0.4, -0.2) is 33.6 Å². The average Bonchev–Trinajstić information content (AvgIpc) is 3.02. The van der Waals surface area contributed by atoms with E-state index in [2.05, 4.69) is 23.1 Å². The maximum Gasteiger partial charge on any atom is 0.167 e. The van der Waals surface area contributed by atoms with Crippen molar-refractivity contribution < 1.29 is 4.79 Å². The number of halogens is 1. The first-order chi connectivity index (χ1) is 11.2. The van der Waals surface area contributed by atoms with Crippen molar-refractivity contribution in [3.05, 3.63) is 52.8 Å². The van der Waals surface area contributed by atoms with E-state index in [9.17, 15) is 4.79 Å². The Morgan fingerprint density at radius 3 is 3.04 bits per heavy atom. The number of Topliss-reactive ketones (excluding diaryl/α,β-unsaturated/α-hetero) is 1. The molecule has 2 aromatic rings. The summed E-state index contributed by atoms with van der Waals surface area (Å²) in [6.45, 7) is 5.67. The summed E-state index contributed by atoms with van der Waals surface area (Å²) in [5, 5.41) is 4.94. The second kappa shape index (κ2) is 7.28. The smallest absolute Gasteiger partial charge is 0.167 e. The number of rotatable bonds is 5. The van der Waals surface area contributed by atoms with Crippen molar-refractivity contribution in [3.8, 4) is 0 Å². The van der Waals surface area contributed by atoms with Gasteiger partial charge in [0.15, 0.2) is 5.78 Å². The van der Waals surface area contributed by atoms with E-state index in [1.165, 1.54) is 5.56 Å². The normalized spacial score (nSPS) is 19.0.